The Kier molecular flexibility index (Phi) is 3.40. The van der Waals surface area contributed by atoms with E-state index in [0.29, 0.717) is 12.3 Å². The van der Waals surface area contributed by atoms with Crippen LogP contribution in [0.2, 0.25) is 0 Å². The van der Waals surface area contributed by atoms with Gasteiger partial charge in [-0.05, 0) is 0 Å². The van der Waals surface area contributed by atoms with Gasteiger partial charge in [0, 0.05) is 24.4 Å². The molecule has 0 fully saturated rings. The summed E-state index contributed by atoms with van der Waals surface area (Å²) in [6, 6.07) is 0. The van der Waals surface area contributed by atoms with Crippen LogP contribution >= 0.6 is 23.1 Å². The fourth-order valence-electron chi connectivity index (χ4n) is 1.22. The summed E-state index contributed by atoms with van der Waals surface area (Å²) in [6.45, 7) is 0.661. The molecule has 80 valence electrons. The predicted octanol–water partition coefficient (Wildman–Crippen LogP) is 1.95. The number of fused-ring (bicyclic) bond motifs is 1. The summed E-state index contributed by atoms with van der Waals surface area (Å²) in [5.41, 5.74) is 0.632. The van der Waals surface area contributed by atoms with E-state index < -0.39 is 0 Å². The van der Waals surface area contributed by atoms with Gasteiger partial charge in [-0.2, -0.15) is 0 Å². The molecule has 0 amide bonds. The Morgan fingerprint density at radius 3 is 3.33 bits per heavy atom. The number of thiazole rings is 1. The predicted molar refractivity (Wildman–Crippen MR) is 61.1 cm³/mol. The third-order valence-corrected chi connectivity index (χ3v) is 3.60. The number of methoxy groups -OCH3 is 1. The summed E-state index contributed by atoms with van der Waals surface area (Å²) < 4.78 is 6.76. The molecular weight excluding hydrogens is 232 g/mol. The molecule has 0 saturated heterocycles. The maximum absolute atomic E-state index is 10.9. The minimum Gasteiger partial charge on any atom is -0.384 e. The number of carbonyl (C=O) groups is 1. The highest BCUT2D eigenvalue weighted by Crippen LogP contribution is 2.24. The normalized spacial score (nSPS) is 11.0. The molecule has 0 aliphatic heterocycles. The molecule has 15 heavy (non-hydrogen) atoms. The molecule has 0 bridgehead atoms. The smallest absolute Gasteiger partial charge is 0.195 e. The van der Waals surface area contributed by atoms with Gasteiger partial charge in [-0.3, -0.25) is 9.20 Å². The van der Waals surface area contributed by atoms with Gasteiger partial charge < -0.3 is 4.74 Å². The molecular formula is C9H10N2O2S2. The Hall–Kier alpha value is -0.850. The quantitative estimate of drug-likeness (QED) is 0.456. The Morgan fingerprint density at radius 2 is 2.60 bits per heavy atom. The molecule has 0 N–H and O–H groups in total. The van der Waals surface area contributed by atoms with E-state index >= 15 is 0 Å². The first kappa shape index (κ1) is 10.7. The van der Waals surface area contributed by atoms with Crippen LogP contribution < -0.4 is 0 Å². The molecule has 4 nitrogen and oxygen atoms in total. The highest BCUT2D eigenvalue weighted by atomic mass is 32.2. The minimum absolute atomic E-state index is 0.632. The number of carbonyl (C=O) groups excluding carboxylic acids is 1. The molecule has 0 atom stereocenters. The van der Waals surface area contributed by atoms with Gasteiger partial charge in [0.25, 0.3) is 0 Å². The standard InChI is InChI=1S/C9H10N2O2S2/c1-13-3-5-14-8-7(6-12)11-2-4-15-9(11)10-8/h2,4,6H,3,5H2,1H3. The average molecular weight is 242 g/mol. The maximum Gasteiger partial charge on any atom is 0.195 e. The Bertz CT molecular complexity index is 464. The second-order valence-corrected chi connectivity index (χ2v) is 4.77. The number of imidazole rings is 1. The summed E-state index contributed by atoms with van der Waals surface area (Å²) >= 11 is 3.07. The fourth-order valence-corrected chi connectivity index (χ4v) is 2.89. The number of rotatable bonds is 5. The van der Waals surface area contributed by atoms with Crippen LogP contribution in [0.4, 0.5) is 0 Å². The Morgan fingerprint density at radius 1 is 1.73 bits per heavy atom. The van der Waals surface area contributed by atoms with Crippen molar-refractivity contribution in [3.8, 4) is 0 Å². The van der Waals surface area contributed by atoms with Crippen LogP contribution in [-0.4, -0.2) is 35.1 Å². The summed E-state index contributed by atoms with van der Waals surface area (Å²) in [6.07, 6.45) is 2.71. The topological polar surface area (TPSA) is 43.6 Å². The van der Waals surface area contributed by atoms with E-state index in [-0.39, 0.29) is 0 Å². The summed E-state index contributed by atoms with van der Waals surface area (Å²) in [7, 11) is 1.66. The first-order valence-electron chi connectivity index (χ1n) is 4.39. The average Bonchev–Trinajstić information content (AvgIpc) is 2.77. The number of nitrogens with zero attached hydrogens (tertiary/aromatic N) is 2. The Labute approximate surface area is 95.3 Å². The van der Waals surface area contributed by atoms with Crippen molar-refractivity contribution >= 4 is 34.3 Å². The molecule has 0 aromatic carbocycles. The Balaban J connectivity index is 2.25. The molecule has 2 rings (SSSR count). The molecule has 0 aliphatic rings. The van der Waals surface area contributed by atoms with E-state index in [1.807, 2.05) is 16.0 Å². The number of hydrogen-bond donors (Lipinski definition) is 0. The summed E-state index contributed by atoms with van der Waals surface area (Å²) in [4.78, 5) is 16.2. The molecule has 0 aliphatic carbocycles. The van der Waals surface area contributed by atoms with Crippen LogP contribution in [0, 0.1) is 0 Å². The lowest BCUT2D eigenvalue weighted by Crippen LogP contribution is -1.93. The van der Waals surface area contributed by atoms with Gasteiger partial charge in [0.1, 0.15) is 10.7 Å². The zero-order valence-corrected chi connectivity index (χ0v) is 9.81. The molecule has 0 saturated carbocycles. The van der Waals surface area contributed by atoms with Crippen molar-refractivity contribution in [3.05, 3.63) is 17.3 Å². The highest BCUT2D eigenvalue weighted by molar-refractivity contribution is 7.99. The fraction of sp³-hybridized carbons (Fsp3) is 0.333. The van der Waals surface area contributed by atoms with Crippen LogP contribution in [0.15, 0.2) is 16.6 Å². The first-order valence-corrected chi connectivity index (χ1v) is 6.26. The second-order valence-electron chi connectivity index (χ2n) is 2.82. The van der Waals surface area contributed by atoms with Crippen molar-refractivity contribution in [2.45, 2.75) is 5.03 Å². The molecule has 6 heteroatoms. The van der Waals surface area contributed by atoms with Crippen LogP contribution in [0.5, 0.6) is 0 Å². The van der Waals surface area contributed by atoms with Gasteiger partial charge in [0.05, 0.1) is 6.61 Å². The number of aldehydes is 1. The second kappa shape index (κ2) is 4.78. The van der Waals surface area contributed by atoms with Gasteiger partial charge in [-0.1, -0.05) is 0 Å². The van der Waals surface area contributed by atoms with Gasteiger partial charge in [0.2, 0.25) is 0 Å². The zero-order chi connectivity index (χ0) is 10.7. The van der Waals surface area contributed by atoms with E-state index in [1.54, 1.807) is 18.9 Å². The zero-order valence-electron chi connectivity index (χ0n) is 8.17. The molecule has 0 unspecified atom stereocenters. The molecule has 0 spiro atoms. The van der Waals surface area contributed by atoms with Crippen LogP contribution in [-0.2, 0) is 4.74 Å². The molecule has 2 aromatic heterocycles. The lowest BCUT2D eigenvalue weighted by Gasteiger charge is -1.97. The number of thioether (sulfide) groups is 1. The number of ether oxygens (including phenoxy) is 1. The van der Waals surface area contributed by atoms with E-state index in [0.717, 1.165) is 22.0 Å². The summed E-state index contributed by atoms with van der Waals surface area (Å²) in [5, 5.41) is 2.70. The minimum atomic E-state index is 0.632. The van der Waals surface area contributed by atoms with E-state index in [9.17, 15) is 4.79 Å². The van der Waals surface area contributed by atoms with Gasteiger partial charge in [-0.25, -0.2) is 4.98 Å². The van der Waals surface area contributed by atoms with E-state index in [2.05, 4.69) is 4.98 Å². The van der Waals surface area contributed by atoms with Gasteiger partial charge in [-0.15, -0.1) is 23.1 Å². The van der Waals surface area contributed by atoms with Gasteiger partial charge >= 0.3 is 0 Å². The van der Waals surface area contributed by atoms with E-state index in [4.69, 9.17) is 4.74 Å². The molecule has 2 aromatic rings. The van der Waals surface area contributed by atoms with Crippen LogP contribution in [0.25, 0.3) is 4.96 Å². The SMILES string of the molecule is COCCSc1nc2sccn2c1C=O. The van der Waals surface area contributed by atoms with Crippen molar-refractivity contribution in [2.75, 3.05) is 19.5 Å². The molecule has 2 heterocycles. The van der Waals surface area contributed by atoms with Crippen molar-refractivity contribution < 1.29 is 9.53 Å². The lowest BCUT2D eigenvalue weighted by molar-refractivity contribution is 0.111. The number of aromatic nitrogens is 2. The number of hydrogen-bond acceptors (Lipinski definition) is 5. The van der Waals surface area contributed by atoms with Crippen LogP contribution in [0.1, 0.15) is 10.5 Å². The van der Waals surface area contributed by atoms with Gasteiger partial charge in [0.15, 0.2) is 11.2 Å². The van der Waals surface area contributed by atoms with Crippen molar-refractivity contribution in [1.29, 1.82) is 0 Å². The highest BCUT2D eigenvalue weighted by Gasteiger charge is 2.12. The maximum atomic E-state index is 10.9. The van der Waals surface area contributed by atoms with E-state index in [1.165, 1.54) is 11.3 Å². The third-order valence-electron chi connectivity index (χ3n) is 1.90. The van der Waals surface area contributed by atoms with Crippen molar-refractivity contribution in [1.82, 2.24) is 9.38 Å². The van der Waals surface area contributed by atoms with Crippen molar-refractivity contribution in [3.63, 3.8) is 0 Å². The van der Waals surface area contributed by atoms with Crippen LogP contribution in [0.3, 0.4) is 0 Å². The lowest BCUT2D eigenvalue weighted by atomic mass is 10.5. The first-order chi connectivity index (χ1) is 7.36. The third kappa shape index (κ3) is 2.06. The summed E-state index contributed by atoms with van der Waals surface area (Å²) in [5.74, 6) is 0.808. The monoisotopic (exact) mass is 242 g/mol. The van der Waals surface area contributed by atoms with Crippen molar-refractivity contribution in [2.24, 2.45) is 0 Å². The largest absolute Gasteiger partial charge is 0.384 e. The molecule has 0 radical (unpaired) electrons.